The summed E-state index contributed by atoms with van der Waals surface area (Å²) in [7, 11) is 0. The van der Waals surface area contributed by atoms with Crippen LogP contribution in [0.3, 0.4) is 0 Å². The van der Waals surface area contributed by atoms with Crippen molar-refractivity contribution >= 4 is 11.8 Å². The van der Waals surface area contributed by atoms with Gasteiger partial charge in [-0.15, -0.1) is 0 Å². The number of hydrogen-bond acceptors (Lipinski definition) is 4. The van der Waals surface area contributed by atoms with E-state index in [1.54, 1.807) is 17.0 Å². The third kappa shape index (κ3) is 3.00. The summed E-state index contributed by atoms with van der Waals surface area (Å²) in [4.78, 5) is 24.7. The molecule has 21 heavy (non-hydrogen) atoms. The van der Waals surface area contributed by atoms with E-state index in [0.717, 1.165) is 5.56 Å². The molecule has 1 heterocycles. The topological polar surface area (TPSA) is 92.9 Å². The first-order valence-corrected chi connectivity index (χ1v) is 6.86. The standard InChI is InChI=1S/C15H20N2O4/c1-8(2)13-15(20)21-12-6-10(14(16)19)4-5-11(12)7-17(13)9(3)18/h4-6,8,13,15,20H,7H2,1-3H3,(H2,16,19)/t13-,15-/m0/s1. The Bertz CT molecular complexity index is 571. The average Bonchev–Trinajstić information content (AvgIpc) is 2.53. The van der Waals surface area contributed by atoms with Crippen molar-refractivity contribution < 1.29 is 19.4 Å². The van der Waals surface area contributed by atoms with E-state index in [2.05, 4.69) is 0 Å². The van der Waals surface area contributed by atoms with Crippen molar-refractivity contribution in [2.24, 2.45) is 11.7 Å². The second-order valence-electron chi connectivity index (χ2n) is 5.58. The first-order valence-electron chi connectivity index (χ1n) is 6.86. The number of fused-ring (bicyclic) bond motifs is 1. The first-order chi connectivity index (χ1) is 9.81. The molecule has 6 heteroatoms. The van der Waals surface area contributed by atoms with Crippen LogP contribution in [0, 0.1) is 5.92 Å². The van der Waals surface area contributed by atoms with E-state index in [1.807, 2.05) is 13.8 Å². The van der Waals surface area contributed by atoms with Crippen molar-refractivity contribution in [2.45, 2.75) is 39.6 Å². The molecule has 0 fully saturated rings. The molecule has 3 N–H and O–H groups in total. The van der Waals surface area contributed by atoms with E-state index < -0.39 is 18.2 Å². The minimum absolute atomic E-state index is 0.0221. The molecule has 1 aromatic rings. The minimum Gasteiger partial charge on any atom is -0.463 e. The monoisotopic (exact) mass is 292 g/mol. The molecule has 0 saturated heterocycles. The summed E-state index contributed by atoms with van der Waals surface area (Å²) in [6.07, 6.45) is -1.15. The van der Waals surface area contributed by atoms with Crippen LogP contribution in [0.25, 0.3) is 0 Å². The molecule has 0 aromatic heterocycles. The van der Waals surface area contributed by atoms with Crippen molar-refractivity contribution in [3.8, 4) is 5.75 Å². The molecule has 0 spiro atoms. The summed E-state index contributed by atoms with van der Waals surface area (Å²) in [6, 6.07) is 4.33. The molecule has 1 aromatic carbocycles. The Kier molecular flexibility index (Phi) is 4.18. The van der Waals surface area contributed by atoms with Crippen LogP contribution in [0.5, 0.6) is 5.75 Å². The van der Waals surface area contributed by atoms with Crippen molar-refractivity contribution in [1.82, 2.24) is 4.90 Å². The van der Waals surface area contributed by atoms with Gasteiger partial charge in [-0.05, 0) is 18.1 Å². The Balaban J connectivity index is 2.45. The number of nitrogens with two attached hydrogens (primary N) is 1. The second-order valence-corrected chi connectivity index (χ2v) is 5.58. The number of rotatable bonds is 2. The lowest BCUT2D eigenvalue weighted by Crippen LogP contribution is -2.49. The maximum absolute atomic E-state index is 11.9. The first kappa shape index (κ1) is 15.3. The molecule has 0 saturated carbocycles. The normalized spacial score (nSPS) is 21.5. The summed E-state index contributed by atoms with van der Waals surface area (Å²) in [6.45, 7) is 5.62. The fourth-order valence-electron chi connectivity index (χ4n) is 2.60. The second kappa shape index (κ2) is 5.73. The SMILES string of the molecule is CC(=O)N1Cc2ccc(C(N)=O)cc2O[C@H](O)[C@@H]1C(C)C. The fraction of sp³-hybridized carbons (Fsp3) is 0.467. The Morgan fingerprint density at radius 1 is 1.43 bits per heavy atom. The van der Waals surface area contributed by atoms with E-state index in [0.29, 0.717) is 17.9 Å². The van der Waals surface area contributed by atoms with Crippen molar-refractivity contribution in [3.63, 3.8) is 0 Å². The smallest absolute Gasteiger partial charge is 0.248 e. The number of hydrogen-bond donors (Lipinski definition) is 2. The van der Waals surface area contributed by atoms with Crippen LogP contribution in [-0.4, -0.2) is 34.2 Å². The van der Waals surface area contributed by atoms with Gasteiger partial charge in [-0.3, -0.25) is 9.59 Å². The summed E-state index contributed by atoms with van der Waals surface area (Å²) < 4.78 is 5.56. The molecule has 1 aliphatic rings. The van der Waals surface area contributed by atoms with Crippen LogP contribution in [0.2, 0.25) is 0 Å². The van der Waals surface area contributed by atoms with Gasteiger partial charge in [-0.25, -0.2) is 0 Å². The number of ether oxygens (including phenoxy) is 1. The third-order valence-electron chi connectivity index (χ3n) is 3.68. The molecule has 1 aliphatic heterocycles. The lowest BCUT2D eigenvalue weighted by atomic mass is 10.0. The largest absolute Gasteiger partial charge is 0.463 e. The summed E-state index contributed by atoms with van der Waals surface area (Å²) in [5, 5.41) is 10.3. The zero-order chi connectivity index (χ0) is 15.7. The zero-order valence-electron chi connectivity index (χ0n) is 12.4. The molecule has 2 amide bonds. The van der Waals surface area contributed by atoms with Gasteiger partial charge >= 0.3 is 0 Å². The highest BCUT2D eigenvalue weighted by Crippen LogP contribution is 2.30. The van der Waals surface area contributed by atoms with Crippen molar-refractivity contribution in [3.05, 3.63) is 29.3 Å². The van der Waals surface area contributed by atoms with Gasteiger partial charge in [0, 0.05) is 24.6 Å². The lowest BCUT2D eigenvalue weighted by Gasteiger charge is -2.33. The molecule has 0 bridgehead atoms. The summed E-state index contributed by atoms with van der Waals surface area (Å²) >= 11 is 0. The number of aliphatic hydroxyl groups excluding tert-OH is 1. The van der Waals surface area contributed by atoms with Gasteiger partial charge < -0.3 is 20.5 Å². The van der Waals surface area contributed by atoms with Gasteiger partial charge in [-0.1, -0.05) is 19.9 Å². The molecule has 114 valence electrons. The Morgan fingerprint density at radius 3 is 2.62 bits per heavy atom. The van der Waals surface area contributed by atoms with Crippen LogP contribution in [0.4, 0.5) is 0 Å². The zero-order valence-corrected chi connectivity index (χ0v) is 12.4. The van der Waals surface area contributed by atoms with Gasteiger partial charge in [0.05, 0.1) is 6.04 Å². The predicted molar refractivity (Wildman–Crippen MR) is 76.4 cm³/mol. The molecular weight excluding hydrogens is 272 g/mol. The molecule has 0 aliphatic carbocycles. The van der Waals surface area contributed by atoms with Crippen LogP contribution >= 0.6 is 0 Å². The van der Waals surface area contributed by atoms with E-state index in [4.69, 9.17) is 10.5 Å². The van der Waals surface area contributed by atoms with Gasteiger partial charge in [-0.2, -0.15) is 0 Å². The highest BCUT2D eigenvalue weighted by atomic mass is 16.6. The predicted octanol–water partition coefficient (Wildman–Crippen LogP) is 0.869. The van der Waals surface area contributed by atoms with Crippen LogP contribution in [-0.2, 0) is 11.3 Å². The van der Waals surface area contributed by atoms with Crippen molar-refractivity contribution in [2.75, 3.05) is 0 Å². The Hall–Kier alpha value is -2.08. The molecule has 2 atom stereocenters. The lowest BCUT2D eigenvalue weighted by molar-refractivity contribution is -0.144. The van der Waals surface area contributed by atoms with Gasteiger partial charge in [0.25, 0.3) is 0 Å². The molecule has 6 nitrogen and oxygen atoms in total. The molecular formula is C15H20N2O4. The van der Waals surface area contributed by atoms with Gasteiger partial charge in [0.1, 0.15) is 5.75 Å². The number of carbonyl (C=O) groups is 2. The van der Waals surface area contributed by atoms with E-state index in [1.165, 1.54) is 13.0 Å². The Morgan fingerprint density at radius 2 is 2.10 bits per heavy atom. The van der Waals surface area contributed by atoms with E-state index in [-0.39, 0.29) is 11.8 Å². The Labute approximate surface area is 123 Å². The highest BCUT2D eigenvalue weighted by molar-refractivity contribution is 5.93. The maximum atomic E-state index is 11.9. The van der Waals surface area contributed by atoms with Crippen LogP contribution < -0.4 is 10.5 Å². The number of benzene rings is 1. The molecule has 0 radical (unpaired) electrons. The van der Waals surface area contributed by atoms with E-state index >= 15 is 0 Å². The molecule has 2 rings (SSSR count). The summed E-state index contributed by atoms with van der Waals surface area (Å²) in [5.41, 5.74) is 6.29. The quantitative estimate of drug-likeness (QED) is 0.846. The van der Waals surface area contributed by atoms with Crippen LogP contribution in [0.1, 0.15) is 36.7 Å². The summed E-state index contributed by atoms with van der Waals surface area (Å²) in [5.74, 6) is -0.297. The van der Waals surface area contributed by atoms with Gasteiger partial charge in [0.15, 0.2) is 0 Å². The van der Waals surface area contributed by atoms with Crippen molar-refractivity contribution in [1.29, 1.82) is 0 Å². The fourth-order valence-corrected chi connectivity index (χ4v) is 2.60. The average molecular weight is 292 g/mol. The highest BCUT2D eigenvalue weighted by Gasteiger charge is 2.35. The molecule has 0 unspecified atom stereocenters. The van der Waals surface area contributed by atoms with E-state index in [9.17, 15) is 14.7 Å². The minimum atomic E-state index is -1.15. The number of carbonyl (C=O) groups excluding carboxylic acids is 2. The third-order valence-corrected chi connectivity index (χ3v) is 3.68. The maximum Gasteiger partial charge on any atom is 0.248 e. The number of nitrogens with zero attached hydrogens (tertiary/aromatic N) is 1. The van der Waals surface area contributed by atoms with Crippen LogP contribution in [0.15, 0.2) is 18.2 Å². The number of amides is 2. The van der Waals surface area contributed by atoms with Gasteiger partial charge in [0.2, 0.25) is 18.1 Å². The number of aliphatic hydroxyl groups is 1. The number of primary amides is 1.